The van der Waals surface area contributed by atoms with Gasteiger partial charge in [0.2, 0.25) is 17.8 Å². The van der Waals surface area contributed by atoms with Crippen molar-refractivity contribution in [3.05, 3.63) is 76.9 Å². The molecule has 0 atom stereocenters. The highest BCUT2D eigenvalue weighted by atomic mass is 79.9. The molecule has 3 rings (SSSR count). The molecule has 0 amide bonds. The number of hydrogen-bond acceptors (Lipinski definition) is 1. The number of Topliss-reactive ketones (excluding diaryl/α,β-unsaturated/α-hetero) is 1. The molecule has 106 valence electrons. The minimum atomic E-state index is 0. The molecule has 1 aromatic heterocycles. The molecule has 0 N–H and O–H groups in total. The summed E-state index contributed by atoms with van der Waals surface area (Å²) < 4.78 is 2.95. The molecule has 0 aliphatic heterocycles. The first-order valence-electron chi connectivity index (χ1n) is 6.40. The number of benzene rings is 2. The Morgan fingerprint density at radius 3 is 2.43 bits per heavy atom. The Hall–Kier alpha value is -1.52. The summed E-state index contributed by atoms with van der Waals surface area (Å²) in [7, 11) is 0. The summed E-state index contributed by atoms with van der Waals surface area (Å²) in [5, 5.41) is 1.11. The second-order valence-electron chi connectivity index (χ2n) is 4.63. The molecule has 2 nitrogen and oxygen atoms in total. The fraction of sp³-hybridized carbons (Fsp3) is 0.0588. The second kappa shape index (κ2) is 6.96. The molecular formula is C17H13Br2NO. The van der Waals surface area contributed by atoms with Crippen LogP contribution in [0.15, 0.2) is 71.3 Å². The minimum Gasteiger partial charge on any atom is -1.00 e. The van der Waals surface area contributed by atoms with Crippen LogP contribution in [0.4, 0.5) is 0 Å². The maximum Gasteiger partial charge on any atom is 0.227 e. The van der Waals surface area contributed by atoms with Crippen molar-refractivity contribution in [1.29, 1.82) is 0 Å². The highest BCUT2D eigenvalue weighted by molar-refractivity contribution is 9.10. The highest BCUT2D eigenvalue weighted by Gasteiger charge is 2.16. The van der Waals surface area contributed by atoms with Crippen LogP contribution in [-0.2, 0) is 6.54 Å². The van der Waals surface area contributed by atoms with E-state index in [1.807, 2.05) is 65.4 Å². The molecule has 0 bridgehead atoms. The van der Waals surface area contributed by atoms with E-state index in [1.165, 1.54) is 0 Å². The first-order valence-corrected chi connectivity index (χ1v) is 7.19. The molecule has 0 aliphatic rings. The fourth-order valence-corrected chi connectivity index (χ4v) is 2.77. The molecule has 0 unspecified atom stereocenters. The van der Waals surface area contributed by atoms with E-state index in [4.69, 9.17) is 0 Å². The summed E-state index contributed by atoms with van der Waals surface area (Å²) in [6, 6.07) is 19.5. The number of nitrogens with zero attached hydrogens (tertiary/aromatic N) is 1. The molecule has 2 aromatic carbocycles. The Morgan fingerprint density at radius 2 is 1.67 bits per heavy atom. The monoisotopic (exact) mass is 405 g/mol. The van der Waals surface area contributed by atoms with Gasteiger partial charge in [-0.1, -0.05) is 42.5 Å². The van der Waals surface area contributed by atoms with E-state index in [1.54, 1.807) is 0 Å². The lowest BCUT2D eigenvalue weighted by molar-refractivity contribution is -0.657. The number of hydrogen-bond donors (Lipinski definition) is 0. The van der Waals surface area contributed by atoms with Crippen LogP contribution < -0.4 is 21.5 Å². The third-order valence-electron chi connectivity index (χ3n) is 3.23. The van der Waals surface area contributed by atoms with Crippen LogP contribution in [-0.4, -0.2) is 5.78 Å². The Bertz CT molecular complexity index is 772. The number of aromatic nitrogens is 1. The van der Waals surface area contributed by atoms with Gasteiger partial charge in [-0.25, -0.2) is 0 Å². The van der Waals surface area contributed by atoms with Crippen molar-refractivity contribution >= 4 is 32.6 Å². The lowest BCUT2D eigenvalue weighted by Crippen LogP contribution is -3.00. The van der Waals surface area contributed by atoms with Crippen LogP contribution in [0.3, 0.4) is 0 Å². The number of pyridine rings is 1. The molecule has 21 heavy (non-hydrogen) atoms. The zero-order valence-electron chi connectivity index (χ0n) is 11.2. The summed E-state index contributed by atoms with van der Waals surface area (Å²) in [5.74, 6) is 0.110. The molecule has 0 spiro atoms. The van der Waals surface area contributed by atoms with Crippen LogP contribution >= 0.6 is 15.9 Å². The summed E-state index contributed by atoms with van der Waals surface area (Å²) in [4.78, 5) is 12.3. The molecule has 0 saturated heterocycles. The SMILES string of the molecule is O=C(C[n+]1cc(Br)cc2ccccc21)c1ccccc1.[Br-]. The molecule has 0 saturated carbocycles. The second-order valence-corrected chi connectivity index (χ2v) is 5.55. The van der Waals surface area contributed by atoms with Gasteiger partial charge < -0.3 is 17.0 Å². The van der Waals surface area contributed by atoms with Crippen LogP contribution in [0.25, 0.3) is 10.9 Å². The van der Waals surface area contributed by atoms with Crippen molar-refractivity contribution in [1.82, 2.24) is 0 Å². The normalized spacial score (nSPS) is 10.1. The first kappa shape index (κ1) is 15.9. The average Bonchev–Trinajstić information content (AvgIpc) is 2.48. The van der Waals surface area contributed by atoms with Gasteiger partial charge in [0.1, 0.15) is 0 Å². The fourth-order valence-electron chi connectivity index (χ4n) is 2.28. The third-order valence-corrected chi connectivity index (χ3v) is 3.66. The van der Waals surface area contributed by atoms with E-state index in [9.17, 15) is 4.79 Å². The summed E-state index contributed by atoms with van der Waals surface area (Å²) in [5.41, 5.74) is 1.80. The van der Waals surface area contributed by atoms with Crippen molar-refractivity contribution in [2.45, 2.75) is 6.54 Å². The Balaban J connectivity index is 0.00000161. The maximum atomic E-state index is 12.3. The number of rotatable bonds is 3. The van der Waals surface area contributed by atoms with Crippen LogP contribution in [0.1, 0.15) is 10.4 Å². The van der Waals surface area contributed by atoms with Gasteiger partial charge in [-0.05, 0) is 28.1 Å². The van der Waals surface area contributed by atoms with E-state index in [-0.39, 0.29) is 22.8 Å². The van der Waals surface area contributed by atoms with Gasteiger partial charge in [-0.3, -0.25) is 4.79 Å². The number of fused-ring (bicyclic) bond motifs is 1. The van der Waals surface area contributed by atoms with Crippen molar-refractivity contribution in [2.24, 2.45) is 0 Å². The number of carbonyl (C=O) groups is 1. The maximum absolute atomic E-state index is 12.3. The van der Waals surface area contributed by atoms with Crippen LogP contribution in [0.2, 0.25) is 0 Å². The summed E-state index contributed by atoms with van der Waals surface area (Å²) in [6.45, 7) is 0.337. The first-order chi connectivity index (χ1) is 9.74. The van der Waals surface area contributed by atoms with Gasteiger partial charge >= 0.3 is 0 Å². The minimum absolute atomic E-state index is 0. The van der Waals surface area contributed by atoms with Crippen LogP contribution in [0.5, 0.6) is 0 Å². The van der Waals surface area contributed by atoms with E-state index in [2.05, 4.69) is 22.0 Å². The van der Waals surface area contributed by atoms with Crippen molar-refractivity contribution < 1.29 is 26.3 Å². The highest BCUT2D eigenvalue weighted by Crippen LogP contribution is 2.15. The molecule has 0 radical (unpaired) electrons. The van der Waals surface area contributed by atoms with Gasteiger partial charge in [0, 0.05) is 17.0 Å². The molecule has 0 fully saturated rings. The number of halogens is 2. The molecule has 1 heterocycles. The molecule has 0 aliphatic carbocycles. The smallest absolute Gasteiger partial charge is 0.227 e. The van der Waals surface area contributed by atoms with Crippen LogP contribution in [0, 0.1) is 0 Å². The number of para-hydroxylation sites is 1. The average molecular weight is 407 g/mol. The predicted octanol–water partition coefficient (Wildman–Crippen LogP) is 0.777. The Kier molecular flexibility index (Phi) is 5.26. The van der Waals surface area contributed by atoms with Crippen molar-refractivity contribution in [3.63, 3.8) is 0 Å². The Morgan fingerprint density at radius 1 is 1.00 bits per heavy atom. The van der Waals surface area contributed by atoms with Gasteiger partial charge in [0.25, 0.3) is 0 Å². The quantitative estimate of drug-likeness (QED) is 0.465. The van der Waals surface area contributed by atoms with E-state index in [0.29, 0.717) is 6.54 Å². The van der Waals surface area contributed by atoms with Crippen molar-refractivity contribution in [2.75, 3.05) is 0 Å². The lowest BCUT2D eigenvalue weighted by atomic mass is 10.1. The van der Waals surface area contributed by atoms with Crippen molar-refractivity contribution in [3.8, 4) is 0 Å². The summed E-state index contributed by atoms with van der Waals surface area (Å²) >= 11 is 3.50. The number of ketones is 1. The molecule has 3 aromatic rings. The van der Waals surface area contributed by atoms with Gasteiger partial charge in [0.05, 0.1) is 4.47 Å². The van der Waals surface area contributed by atoms with Gasteiger partial charge in [-0.2, -0.15) is 4.57 Å². The van der Waals surface area contributed by atoms with Gasteiger partial charge in [-0.15, -0.1) is 0 Å². The Labute approximate surface area is 142 Å². The molecular weight excluding hydrogens is 394 g/mol. The largest absolute Gasteiger partial charge is 1.00 e. The third kappa shape index (κ3) is 3.57. The topological polar surface area (TPSA) is 20.9 Å². The summed E-state index contributed by atoms with van der Waals surface area (Å²) in [6.07, 6.45) is 1.95. The lowest BCUT2D eigenvalue weighted by Gasteiger charge is -2.02. The standard InChI is InChI=1S/C17H13BrNO.BrH/c18-15-10-14-8-4-5-9-16(14)19(11-15)12-17(20)13-6-2-1-3-7-13;/h1-11H,12H2;1H/q+1;/p-1. The van der Waals surface area contributed by atoms with Gasteiger partial charge in [0.15, 0.2) is 6.20 Å². The van der Waals surface area contributed by atoms with E-state index < -0.39 is 0 Å². The predicted molar refractivity (Wildman–Crippen MR) is 82.6 cm³/mol. The van der Waals surface area contributed by atoms with E-state index in [0.717, 1.165) is 20.9 Å². The van der Waals surface area contributed by atoms with E-state index >= 15 is 0 Å². The number of carbonyl (C=O) groups excluding carboxylic acids is 1. The zero-order valence-corrected chi connectivity index (χ0v) is 14.3. The zero-order chi connectivity index (χ0) is 13.9. The molecule has 4 heteroatoms.